The Kier molecular flexibility index (Phi) is 2.25. The van der Waals surface area contributed by atoms with Gasteiger partial charge in [-0.15, -0.1) is 0 Å². The first kappa shape index (κ1) is 9.21. The molecule has 1 aliphatic rings. The van der Waals surface area contributed by atoms with Crippen molar-refractivity contribution in [3.63, 3.8) is 0 Å². The maximum absolute atomic E-state index is 10.6. The van der Waals surface area contributed by atoms with Crippen molar-refractivity contribution in [1.29, 1.82) is 0 Å². The first-order valence-corrected chi connectivity index (χ1v) is 4.60. The Labute approximate surface area is 82.0 Å². The molecular formula is C9H13N3O2. The summed E-state index contributed by atoms with van der Waals surface area (Å²) in [4.78, 5) is 17.0. The summed E-state index contributed by atoms with van der Waals surface area (Å²) >= 11 is 0. The molecule has 0 bridgehead atoms. The Morgan fingerprint density at radius 3 is 3.21 bits per heavy atom. The normalized spacial score (nSPS) is 16.6. The quantitative estimate of drug-likeness (QED) is 0.719. The van der Waals surface area contributed by atoms with Gasteiger partial charge >= 0.3 is 5.97 Å². The van der Waals surface area contributed by atoms with E-state index in [0.29, 0.717) is 0 Å². The number of hydrogen-bond donors (Lipinski definition) is 1. The van der Waals surface area contributed by atoms with E-state index in [1.807, 2.05) is 7.05 Å². The predicted octanol–water partition coefficient (Wildman–Crippen LogP) is -0.0444. The van der Waals surface area contributed by atoms with Crippen molar-refractivity contribution in [2.24, 2.45) is 0 Å². The van der Waals surface area contributed by atoms with Gasteiger partial charge in [-0.3, -0.25) is 4.79 Å². The smallest absolute Gasteiger partial charge is 0.323 e. The highest BCUT2D eigenvalue weighted by Crippen LogP contribution is 2.16. The van der Waals surface area contributed by atoms with Gasteiger partial charge < -0.3 is 14.6 Å². The molecule has 1 N–H and O–H groups in total. The minimum atomic E-state index is -0.816. The van der Waals surface area contributed by atoms with Crippen LogP contribution in [0.1, 0.15) is 11.4 Å². The number of nitrogens with zero attached hydrogens (tertiary/aromatic N) is 3. The van der Waals surface area contributed by atoms with Crippen molar-refractivity contribution in [2.75, 3.05) is 13.6 Å². The summed E-state index contributed by atoms with van der Waals surface area (Å²) < 4.78 is 1.73. The van der Waals surface area contributed by atoms with Crippen molar-refractivity contribution in [3.8, 4) is 0 Å². The minimum absolute atomic E-state index is 0.0199. The van der Waals surface area contributed by atoms with Crippen LogP contribution in [-0.2, 0) is 24.3 Å². The monoisotopic (exact) mass is 195 g/mol. The van der Waals surface area contributed by atoms with E-state index in [-0.39, 0.29) is 6.54 Å². The Balaban J connectivity index is 2.24. The number of carboxylic acid groups (broad SMARTS) is 1. The van der Waals surface area contributed by atoms with Crippen LogP contribution in [0.3, 0.4) is 0 Å². The summed E-state index contributed by atoms with van der Waals surface area (Å²) in [6.07, 6.45) is 2.51. The van der Waals surface area contributed by atoms with E-state index in [9.17, 15) is 4.79 Å². The van der Waals surface area contributed by atoms with Crippen LogP contribution in [-0.4, -0.2) is 39.1 Å². The van der Waals surface area contributed by atoms with E-state index < -0.39 is 5.97 Å². The molecule has 0 radical (unpaired) electrons. The molecule has 0 saturated heterocycles. The zero-order valence-electron chi connectivity index (χ0n) is 8.10. The van der Waals surface area contributed by atoms with E-state index in [2.05, 4.69) is 9.88 Å². The number of likely N-dealkylation sites (N-methyl/N-ethyl adjacent to an activating group) is 1. The Hall–Kier alpha value is -1.36. The number of rotatable bonds is 2. The molecule has 1 aromatic rings. The van der Waals surface area contributed by atoms with Gasteiger partial charge in [-0.05, 0) is 7.05 Å². The van der Waals surface area contributed by atoms with Crippen LogP contribution in [0.15, 0.2) is 6.33 Å². The Morgan fingerprint density at radius 2 is 2.50 bits per heavy atom. The van der Waals surface area contributed by atoms with Crippen LogP contribution in [0.2, 0.25) is 0 Å². The molecule has 1 aromatic heterocycles. The van der Waals surface area contributed by atoms with E-state index in [1.165, 1.54) is 0 Å². The maximum Gasteiger partial charge on any atom is 0.323 e. The van der Waals surface area contributed by atoms with Gasteiger partial charge in [-0.1, -0.05) is 0 Å². The molecule has 0 unspecified atom stereocenters. The summed E-state index contributed by atoms with van der Waals surface area (Å²) in [6.45, 7) is 1.81. The summed E-state index contributed by atoms with van der Waals surface area (Å²) in [5.41, 5.74) is 2.09. The first-order chi connectivity index (χ1) is 6.66. The molecule has 0 amide bonds. The van der Waals surface area contributed by atoms with E-state index in [0.717, 1.165) is 30.9 Å². The topological polar surface area (TPSA) is 58.4 Å². The number of carbonyl (C=O) groups is 1. The highest BCUT2D eigenvalue weighted by atomic mass is 16.4. The molecule has 0 aliphatic carbocycles. The SMILES string of the molecule is CN1CCc2c(ncn2CC(=O)O)C1. The molecule has 76 valence electrons. The van der Waals surface area contributed by atoms with Crippen LogP contribution in [0.4, 0.5) is 0 Å². The van der Waals surface area contributed by atoms with Gasteiger partial charge in [0.05, 0.1) is 12.0 Å². The fourth-order valence-corrected chi connectivity index (χ4v) is 1.78. The van der Waals surface area contributed by atoms with Gasteiger partial charge in [0.25, 0.3) is 0 Å². The number of carboxylic acids is 1. The number of hydrogen-bond acceptors (Lipinski definition) is 3. The first-order valence-electron chi connectivity index (χ1n) is 4.60. The molecule has 0 spiro atoms. The standard InChI is InChI=1S/C9H13N3O2/c1-11-3-2-8-7(4-11)10-6-12(8)5-9(13)14/h6H,2-5H2,1H3,(H,13,14). The second-order valence-electron chi connectivity index (χ2n) is 3.65. The highest BCUT2D eigenvalue weighted by Gasteiger charge is 2.18. The fourth-order valence-electron chi connectivity index (χ4n) is 1.78. The zero-order valence-corrected chi connectivity index (χ0v) is 8.10. The van der Waals surface area contributed by atoms with Crippen molar-refractivity contribution < 1.29 is 9.90 Å². The predicted molar refractivity (Wildman–Crippen MR) is 49.9 cm³/mol. The lowest BCUT2D eigenvalue weighted by atomic mass is 10.1. The van der Waals surface area contributed by atoms with Crippen molar-refractivity contribution >= 4 is 5.97 Å². The Bertz CT molecular complexity index is 359. The number of aliphatic carboxylic acids is 1. The summed E-state index contributed by atoms with van der Waals surface area (Å²) in [5, 5.41) is 8.68. The molecule has 5 heteroatoms. The molecule has 5 nitrogen and oxygen atoms in total. The molecule has 1 aliphatic heterocycles. The van der Waals surface area contributed by atoms with Crippen LogP contribution >= 0.6 is 0 Å². The van der Waals surface area contributed by atoms with Crippen LogP contribution in [0, 0.1) is 0 Å². The van der Waals surface area contributed by atoms with E-state index in [1.54, 1.807) is 10.9 Å². The molecule has 0 aromatic carbocycles. The largest absolute Gasteiger partial charge is 0.480 e. The molecular weight excluding hydrogens is 182 g/mol. The van der Waals surface area contributed by atoms with E-state index in [4.69, 9.17) is 5.11 Å². The third-order valence-corrected chi connectivity index (χ3v) is 2.49. The number of fused-ring (bicyclic) bond motifs is 1. The average molecular weight is 195 g/mol. The van der Waals surface area contributed by atoms with E-state index >= 15 is 0 Å². The summed E-state index contributed by atoms with van der Waals surface area (Å²) in [6, 6.07) is 0. The second kappa shape index (κ2) is 3.42. The zero-order chi connectivity index (χ0) is 10.1. The van der Waals surface area contributed by atoms with Crippen LogP contribution < -0.4 is 0 Å². The van der Waals surface area contributed by atoms with Gasteiger partial charge in [-0.25, -0.2) is 4.98 Å². The molecule has 14 heavy (non-hydrogen) atoms. The summed E-state index contributed by atoms with van der Waals surface area (Å²) in [7, 11) is 2.04. The lowest BCUT2D eigenvalue weighted by Gasteiger charge is -2.22. The lowest BCUT2D eigenvalue weighted by molar-refractivity contribution is -0.137. The van der Waals surface area contributed by atoms with Gasteiger partial charge in [0, 0.05) is 25.2 Å². The lowest BCUT2D eigenvalue weighted by Crippen LogP contribution is -2.28. The summed E-state index contributed by atoms with van der Waals surface area (Å²) in [5.74, 6) is -0.816. The van der Waals surface area contributed by atoms with Crippen LogP contribution in [0.5, 0.6) is 0 Å². The van der Waals surface area contributed by atoms with Gasteiger partial charge in [0.2, 0.25) is 0 Å². The third kappa shape index (κ3) is 1.63. The molecule has 0 fully saturated rings. The molecule has 2 rings (SSSR count). The van der Waals surface area contributed by atoms with Gasteiger partial charge in [0.15, 0.2) is 0 Å². The van der Waals surface area contributed by atoms with Gasteiger partial charge in [0.1, 0.15) is 6.54 Å². The van der Waals surface area contributed by atoms with Crippen molar-refractivity contribution in [1.82, 2.24) is 14.5 Å². The number of imidazole rings is 1. The fraction of sp³-hybridized carbons (Fsp3) is 0.556. The number of aromatic nitrogens is 2. The Morgan fingerprint density at radius 1 is 1.71 bits per heavy atom. The minimum Gasteiger partial charge on any atom is -0.480 e. The second-order valence-corrected chi connectivity index (χ2v) is 3.65. The average Bonchev–Trinajstić information content (AvgIpc) is 2.47. The third-order valence-electron chi connectivity index (χ3n) is 2.49. The molecule has 0 saturated carbocycles. The molecule has 0 atom stereocenters. The van der Waals surface area contributed by atoms with Crippen molar-refractivity contribution in [2.45, 2.75) is 19.5 Å². The van der Waals surface area contributed by atoms with Gasteiger partial charge in [-0.2, -0.15) is 0 Å². The highest BCUT2D eigenvalue weighted by molar-refractivity contribution is 5.66. The van der Waals surface area contributed by atoms with Crippen molar-refractivity contribution in [3.05, 3.63) is 17.7 Å². The molecule has 2 heterocycles. The maximum atomic E-state index is 10.6. The van der Waals surface area contributed by atoms with Crippen LogP contribution in [0.25, 0.3) is 0 Å².